The Balaban J connectivity index is 1.40. The van der Waals surface area contributed by atoms with Gasteiger partial charge in [0.1, 0.15) is 0 Å². The van der Waals surface area contributed by atoms with Crippen LogP contribution in [-0.2, 0) is 4.74 Å². The molecular formula is C17H18N2O3S. The van der Waals surface area contributed by atoms with E-state index in [0.29, 0.717) is 28.0 Å². The Kier molecular flexibility index (Phi) is 2.79. The zero-order valence-corrected chi connectivity index (χ0v) is 13.4. The Bertz CT molecular complexity index is 851. The summed E-state index contributed by atoms with van der Waals surface area (Å²) in [5.74, 6) is 0.454. The molecule has 2 aliphatic carbocycles. The van der Waals surface area contributed by atoms with E-state index in [-0.39, 0.29) is 17.4 Å². The molecule has 3 fully saturated rings. The summed E-state index contributed by atoms with van der Waals surface area (Å²) in [5, 5.41) is 3.27. The normalized spacial score (nSPS) is 30.7. The molecule has 1 aromatic carbocycles. The van der Waals surface area contributed by atoms with Crippen LogP contribution < -0.4 is 5.32 Å². The minimum Gasteiger partial charge on any atom is -0.429 e. The number of rotatable bonds is 2. The summed E-state index contributed by atoms with van der Waals surface area (Å²) in [6.45, 7) is 0.833. The van der Waals surface area contributed by atoms with Gasteiger partial charge in [0.2, 0.25) is 0 Å². The van der Waals surface area contributed by atoms with Crippen molar-refractivity contribution in [3.05, 3.63) is 28.6 Å². The average Bonchev–Trinajstić information content (AvgIpc) is 3.05. The molecule has 5 nitrogen and oxygen atoms in total. The average molecular weight is 330 g/mol. The SMILES string of the molecule is O=C(N[C@@H]1[C@@H]2CCO[C@@H]2C12CCC2)c1ccc2[nH]c(=S)oc2c1. The molecule has 1 aromatic heterocycles. The highest BCUT2D eigenvalue weighted by molar-refractivity contribution is 7.71. The van der Waals surface area contributed by atoms with Crippen LogP contribution >= 0.6 is 12.2 Å². The van der Waals surface area contributed by atoms with Gasteiger partial charge in [0.25, 0.3) is 10.7 Å². The van der Waals surface area contributed by atoms with Crippen LogP contribution in [0.1, 0.15) is 36.0 Å². The molecule has 1 saturated heterocycles. The minimum absolute atomic E-state index is 0.0316. The summed E-state index contributed by atoms with van der Waals surface area (Å²) >= 11 is 4.99. The number of aromatic amines is 1. The zero-order valence-electron chi connectivity index (χ0n) is 12.6. The van der Waals surface area contributed by atoms with Crippen molar-refractivity contribution in [3.63, 3.8) is 0 Å². The van der Waals surface area contributed by atoms with E-state index in [1.165, 1.54) is 19.3 Å². The van der Waals surface area contributed by atoms with Gasteiger partial charge in [-0.25, -0.2) is 0 Å². The Morgan fingerprint density at radius 2 is 2.26 bits per heavy atom. The first-order valence-electron chi connectivity index (χ1n) is 8.23. The minimum atomic E-state index is -0.0316. The number of carbonyl (C=O) groups excluding carboxylic acids is 1. The number of oxazole rings is 1. The second-order valence-electron chi connectivity index (χ2n) is 7.01. The molecular weight excluding hydrogens is 312 g/mol. The summed E-state index contributed by atoms with van der Waals surface area (Å²) in [6, 6.07) is 5.66. The number of hydrogen-bond donors (Lipinski definition) is 2. The number of amides is 1. The van der Waals surface area contributed by atoms with Crippen LogP contribution in [0, 0.1) is 16.2 Å². The first-order valence-corrected chi connectivity index (χ1v) is 8.64. The fraction of sp³-hybridized carbons (Fsp3) is 0.529. The first-order chi connectivity index (χ1) is 11.2. The van der Waals surface area contributed by atoms with Gasteiger partial charge in [0, 0.05) is 29.5 Å². The first kappa shape index (κ1) is 13.7. The molecule has 3 aliphatic rings. The second kappa shape index (κ2) is 4.68. The van der Waals surface area contributed by atoms with Crippen molar-refractivity contribution in [3.8, 4) is 0 Å². The van der Waals surface area contributed by atoms with Crippen molar-refractivity contribution in [2.75, 3.05) is 6.61 Å². The van der Waals surface area contributed by atoms with E-state index in [1.54, 1.807) is 6.07 Å². The lowest BCUT2D eigenvalue weighted by atomic mass is 9.46. The fourth-order valence-corrected chi connectivity index (χ4v) is 4.97. The van der Waals surface area contributed by atoms with Crippen molar-refractivity contribution < 1.29 is 13.9 Å². The third-order valence-electron chi connectivity index (χ3n) is 6.01. The summed E-state index contributed by atoms with van der Waals surface area (Å²) in [4.78, 5) is 16.0. The van der Waals surface area contributed by atoms with Crippen molar-refractivity contribution in [1.29, 1.82) is 0 Å². The van der Waals surface area contributed by atoms with Gasteiger partial charge in [0.05, 0.1) is 11.6 Å². The standard InChI is InChI=1S/C17H18N2O3S/c20-15(9-2-3-11-12(8-9)22-16(23)18-11)19-13-10-4-7-21-14(10)17(13)5-1-6-17/h2-3,8,10,13-14H,1,4-7H2,(H,18,23)(H,19,20)/t10-,13+,14-/m0/s1. The Labute approximate surface area is 138 Å². The number of aromatic nitrogens is 1. The molecule has 2 saturated carbocycles. The second-order valence-corrected chi connectivity index (χ2v) is 7.38. The van der Waals surface area contributed by atoms with Gasteiger partial charge in [-0.15, -0.1) is 0 Å². The molecule has 5 rings (SSSR count). The molecule has 3 atom stereocenters. The monoisotopic (exact) mass is 330 g/mol. The van der Waals surface area contributed by atoms with Crippen molar-refractivity contribution in [1.82, 2.24) is 10.3 Å². The third kappa shape index (κ3) is 1.82. The maximum Gasteiger partial charge on any atom is 0.266 e. The van der Waals surface area contributed by atoms with Crippen LogP contribution in [0.4, 0.5) is 0 Å². The molecule has 1 aliphatic heterocycles. The molecule has 0 bridgehead atoms. The van der Waals surface area contributed by atoms with Crippen molar-refractivity contribution >= 4 is 29.2 Å². The number of hydrogen-bond acceptors (Lipinski definition) is 4. The molecule has 6 heteroatoms. The number of carbonyl (C=O) groups is 1. The van der Waals surface area contributed by atoms with Crippen molar-refractivity contribution in [2.45, 2.75) is 37.8 Å². The van der Waals surface area contributed by atoms with E-state index < -0.39 is 0 Å². The van der Waals surface area contributed by atoms with E-state index >= 15 is 0 Å². The van der Waals surface area contributed by atoms with Crippen molar-refractivity contribution in [2.24, 2.45) is 11.3 Å². The number of H-pyrrole nitrogens is 1. The molecule has 23 heavy (non-hydrogen) atoms. The maximum absolute atomic E-state index is 12.7. The molecule has 0 radical (unpaired) electrons. The molecule has 0 unspecified atom stereocenters. The van der Waals surface area contributed by atoms with Gasteiger partial charge in [0.15, 0.2) is 5.58 Å². The van der Waals surface area contributed by atoms with Crippen LogP contribution in [0.2, 0.25) is 0 Å². The lowest BCUT2D eigenvalue weighted by Crippen LogP contribution is -2.71. The van der Waals surface area contributed by atoms with E-state index in [2.05, 4.69) is 10.3 Å². The summed E-state index contributed by atoms with van der Waals surface area (Å²) < 4.78 is 11.3. The zero-order chi connectivity index (χ0) is 15.6. The summed E-state index contributed by atoms with van der Waals surface area (Å²) in [6.07, 6.45) is 5.01. The lowest BCUT2D eigenvalue weighted by Gasteiger charge is -2.63. The highest BCUT2D eigenvalue weighted by Crippen LogP contribution is 2.62. The number of ether oxygens (including phenoxy) is 1. The molecule has 2 heterocycles. The Morgan fingerprint density at radius 3 is 3.04 bits per heavy atom. The lowest BCUT2D eigenvalue weighted by molar-refractivity contribution is -0.172. The van der Waals surface area contributed by atoms with Crippen LogP contribution in [0.25, 0.3) is 11.1 Å². The fourth-order valence-electron chi connectivity index (χ4n) is 4.77. The van der Waals surface area contributed by atoms with Gasteiger partial charge in [-0.1, -0.05) is 6.42 Å². The highest BCUT2D eigenvalue weighted by Gasteiger charge is 2.66. The summed E-state index contributed by atoms with van der Waals surface area (Å²) in [7, 11) is 0. The number of benzene rings is 1. The third-order valence-corrected chi connectivity index (χ3v) is 6.19. The van der Waals surface area contributed by atoms with E-state index in [0.717, 1.165) is 18.5 Å². The number of nitrogens with one attached hydrogen (secondary N) is 2. The van der Waals surface area contributed by atoms with E-state index in [1.807, 2.05) is 12.1 Å². The number of fused-ring (bicyclic) bond motifs is 3. The van der Waals surface area contributed by atoms with Gasteiger partial charge in [-0.3, -0.25) is 4.79 Å². The van der Waals surface area contributed by atoms with E-state index in [4.69, 9.17) is 21.4 Å². The quantitative estimate of drug-likeness (QED) is 0.830. The van der Waals surface area contributed by atoms with Gasteiger partial charge >= 0.3 is 0 Å². The molecule has 1 amide bonds. The predicted octanol–water partition coefficient (Wildman–Crippen LogP) is 3.18. The topological polar surface area (TPSA) is 67.3 Å². The molecule has 2 N–H and O–H groups in total. The molecule has 120 valence electrons. The highest BCUT2D eigenvalue weighted by atomic mass is 32.1. The Morgan fingerprint density at radius 1 is 1.39 bits per heavy atom. The molecule has 1 spiro atoms. The molecule has 2 aromatic rings. The van der Waals surface area contributed by atoms with Gasteiger partial charge in [-0.2, -0.15) is 0 Å². The predicted molar refractivity (Wildman–Crippen MR) is 86.8 cm³/mol. The van der Waals surface area contributed by atoms with E-state index in [9.17, 15) is 4.79 Å². The van der Waals surface area contributed by atoms with Crippen LogP contribution in [0.15, 0.2) is 22.6 Å². The maximum atomic E-state index is 12.7. The van der Waals surface area contributed by atoms with Crippen LogP contribution in [-0.4, -0.2) is 29.6 Å². The van der Waals surface area contributed by atoms with Crippen LogP contribution in [0.5, 0.6) is 0 Å². The Hall–Kier alpha value is -1.66. The van der Waals surface area contributed by atoms with Gasteiger partial charge in [-0.05, 0) is 49.7 Å². The smallest absolute Gasteiger partial charge is 0.266 e. The van der Waals surface area contributed by atoms with Gasteiger partial charge < -0.3 is 19.5 Å². The largest absolute Gasteiger partial charge is 0.429 e. The summed E-state index contributed by atoms with van der Waals surface area (Å²) in [5.41, 5.74) is 2.26. The van der Waals surface area contributed by atoms with Crippen LogP contribution in [0.3, 0.4) is 0 Å².